The van der Waals surface area contributed by atoms with Crippen molar-refractivity contribution in [3.63, 3.8) is 0 Å². The van der Waals surface area contributed by atoms with Crippen LogP contribution in [0.5, 0.6) is 0 Å². The SMILES string of the molecule is C=CCN(Cc1ccc(C(=O)N(C)Cc2ccco2)cc1)S(=O)(=O)c1ccc(C)cc1. The minimum Gasteiger partial charge on any atom is -0.467 e. The van der Waals surface area contributed by atoms with Gasteiger partial charge in [0.05, 0.1) is 17.7 Å². The molecule has 0 spiro atoms. The van der Waals surface area contributed by atoms with E-state index in [0.717, 1.165) is 11.1 Å². The summed E-state index contributed by atoms with van der Waals surface area (Å²) in [6.45, 7) is 6.33. The number of hydrogen-bond donors (Lipinski definition) is 0. The molecule has 31 heavy (non-hydrogen) atoms. The average molecular weight is 439 g/mol. The zero-order valence-corrected chi connectivity index (χ0v) is 18.5. The fraction of sp³-hybridized carbons (Fsp3) is 0.208. The molecule has 0 saturated heterocycles. The molecule has 7 heteroatoms. The first-order valence-corrected chi connectivity index (χ1v) is 11.3. The predicted octanol–water partition coefficient (Wildman–Crippen LogP) is 4.24. The lowest BCUT2D eigenvalue weighted by molar-refractivity contribution is 0.0775. The van der Waals surface area contributed by atoms with Crippen LogP contribution in [-0.2, 0) is 23.1 Å². The molecule has 1 amide bonds. The van der Waals surface area contributed by atoms with Gasteiger partial charge in [0.2, 0.25) is 10.0 Å². The van der Waals surface area contributed by atoms with Gasteiger partial charge in [0.1, 0.15) is 5.76 Å². The van der Waals surface area contributed by atoms with Crippen LogP contribution in [0.2, 0.25) is 0 Å². The Morgan fingerprint density at radius 1 is 1.03 bits per heavy atom. The Hall–Kier alpha value is -3.16. The minimum absolute atomic E-state index is 0.141. The van der Waals surface area contributed by atoms with Gasteiger partial charge in [-0.15, -0.1) is 6.58 Å². The van der Waals surface area contributed by atoms with Crippen LogP contribution >= 0.6 is 0 Å². The summed E-state index contributed by atoms with van der Waals surface area (Å²) < 4.78 is 32.8. The van der Waals surface area contributed by atoms with E-state index >= 15 is 0 Å². The summed E-state index contributed by atoms with van der Waals surface area (Å²) in [5.74, 6) is 0.562. The van der Waals surface area contributed by atoms with Crippen molar-refractivity contribution in [2.45, 2.75) is 24.9 Å². The number of nitrogens with zero attached hydrogens (tertiary/aromatic N) is 2. The molecule has 0 radical (unpaired) electrons. The Balaban J connectivity index is 1.73. The van der Waals surface area contributed by atoms with Crippen molar-refractivity contribution in [2.75, 3.05) is 13.6 Å². The average Bonchev–Trinajstić information content (AvgIpc) is 3.26. The minimum atomic E-state index is -3.67. The smallest absolute Gasteiger partial charge is 0.254 e. The molecular formula is C24H26N2O4S. The molecule has 0 unspecified atom stereocenters. The molecule has 3 aromatic rings. The van der Waals surface area contributed by atoms with Crippen LogP contribution < -0.4 is 0 Å². The molecule has 162 valence electrons. The highest BCUT2D eigenvalue weighted by Crippen LogP contribution is 2.20. The largest absolute Gasteiger partial charge is 0.467 e. The second-order valence-electron chi connectivity index (χ2n) is 7.34. The number of sulfonamides is 1. The number of rotatable bonds is 9. The fourth-order valence-corrected chi connectivity index (χ4v) is 4.53. The molecule has 0 aliphatic rings. The van der Waals surface area contributed by atoms with Gasteiger partial charge in [-0.3, -0.25) is 4.79 Å². The van der Waals surface area contributed by atoms with Crippen molar-refractivity contribution in [2.24, 2.45) is 0 Å². The highest BCUT2D eigenvalue weighted by molar-refractivity contribution is 7.89. The van der Waals surface area contributed by atoms with Gasteiger partial charge in [0, 0.05) is 25.7 Å². The number of carbonyl (C=O) groups is 1. The molecule has 1 aromatic heterocycles. The maximum absolute atomic E-state index is 13.1. The molecule has 3 rings (SSSR count). The number of hydrogen-bond acceptors (Lipinski definition) is 4. The van der Waals surface area contributed by atoms with E-state index in [0.29, 0.717) is 17.9 Å². The lowest BCUT2D eigenvalue weighted by Crippen LogP contribution is -2.31. The van der Waals surface area contributed by atoms with Crippen molar-refractivity contribution >= 4 is 15.9 Å². The summed E-state index contributed by atoms with van der Waals surface area (Å²) in [7, 11) is -1.96. The first-order valence-electron chi connectivity index (χ1n) is 9.86. The number of aryl methyl sites for hydroxylation is 1. The highest BCUT2D eigenvalue weighted by atomic mass is 32.2. The third-order valence-electron chi connectivity index (χ3n) is 4.87. The Morgan fingerprint density at radius 3 is 2.29 bits per heavy atom. The van der Waals surface area contributed by atoms with E-state index in [2.05, 4.69) is 6.58 Å². The summed E-state index contributed by atoms with van der Waals surface area (Å²) >= 11 is 0. The number of furan rings is 1. The fourth-order valence-electron chi connectivity index (χ4n) is 3.14. The van der Waals surface area contributed by atoms with E-state index in [1.54, 1.807) is 78.9 Å². The maximum atomic E-state index is 13.1. The predicted molar refractivity (Wildman–Crippen MR) is 120 cm³/mol. The van der Waals surface area contributed by atoms with Gasteiger partial charge in [-0.1, -0.05) is 35.9 Å². The van der Waals surface area contributed by atoms with Gasteiger partial charge in [-0.25, -0.2) is 8.42 Å². The Morgan fingerprint density at radius 2 is 1.71 bits per heavy atom. The lowest BCUT2D eigenvalue weighted by atomic mass is 10.1. The summed E-state index contributed by atoms with van der Waals surface area (Å²) in [5.41, 5.74) is 2.30. The molecule has 0 aliphatic heterocycles. The molecule has 1 heterocycles. The van der Waals surface area contributed by atoms with Crippen LogP contribution in [0, 0.1) is 6.92 Å². The summed E-state index contributed by atoms with van der Waals surface area (Å²) in [4.78, 5) is 14.5. The van der Waals surface area contributed by atoms with E-state index in [1.807, 2.05) is 13.0 Å². The van der Waals surface area contributed by atoms with Gasteiger partial charge in [0.25, 0.3) is 5.91 Å². The van der Waals surface area contributed by atoms with Crippen LogP contribution in [0.1, 0.15) is 27.2 Å². The summed E-state index contributed by atoms with van der Waals surface area (Å²) in [6.07, 6.45) is 3.13. The monoisotopic (exact) mass is 438 g/mol. The van der Waals surface area contributed by atoms with Crippen LogP contribution in [0.3, 0.4) is 0 Å². The Kier molecular flexibility index (Phi) is 7.09. The van der Waals surface area contributed by atoms with Crippen molar-refractivity contribution in [3.8, 4) is 0 Å². The van der Waals surface area contributed by atoms with Crippen LogP contribution in [-0.4, -0.2) is 37.1 Å². The van der Waals surface area contributed by atoms with Crippen molar-refractivity contribution in [1.82, 2.24) is 9.21 Å². The van der Waals surface area contributed by atoms with Crippen molar-refractivity contribution in [1.29, 1.82) is 0 Å². The molecule has 6 nitrogen and oxygen atoms in total. The highest BCUT2D eigenvalue weighted by Gasteiger charge is 2.23. The molecule has 2 aromatic carbocycles. The van der Waals surface area contributed by atoms with Crippen molar-refractivity contribution in [3.05, 3.63) is 102 Å². The van der Waals surface area contributed by atoms with Gasteiger partial charge in [0.15, 0.2) is 0 Å². The van der Waals surface area contributed by atoms with Crippen LogP contribution in [0.15, 0.2) is 88.9 Å². The zero-order chi connectivity index (χ0) is 22.4. The second-order valence-corrected chi connectivity index (χ2v) is 9.27. The van der Waals surface area contributed by atoms with Crippen LogP contribution in [0.25, 0.3) is 0 Å². The van der Waals surface area contributed by atoms with E-state index in [-0.39, 0.29) is 23.9 Å². The normalized spacial score (nSPS) is 11.5. The van der Waals surface area contributed by atoms with Gasteiger partial charge in [-0.2, -0.15) is 4.31 Å². The standard InChI is InChI=1S/C24H26N2O4S/c1-4-15-26(31(28,29)23-13-7-19(2)8-14-23)17-20-9-11-21(12-10-20)24(27)25(3)18-22-6-5-16-30-22/h4-14,16H,1,15,17-18H2,2-3H3. The van der Waals surface area contributed by atoms with Crippen molar-refractivity contribution < 1.29 is 17.6 Å². The third-order valence-corrected chi connectivity index (χ3v) is 6.70. The lowest BCUT2D eigenvalue weighted by Gasteiger charge is -2.21. The number of benzene rings is 2. The first kappa shape index (κ1) is 22.5. The molecule has 0 N–H and O–H groups in total. The van der Waals surface area contributed by atoms with E-state index in [4.69, 9.17) is 4.42 Å². The molecule has 0 aliphatic carbocycles. The number of carbonyl (C=O) groups excluding carboxylic acids is 1. The second kappa shape index (κ2) is 9.76. The van der Waals surface area contributed by atoms with Gasteiger partial charge < -0.3 is 9.32 Å². The molecule has 0 bridgehead atoms. The van der Waals surface area contributed by atoms with E-state index < -0.39 is 10.0 Å². The summed E-state index contributed by atoms with van der Waals surface area (Å²) in [6, 6.07) is 17.3. The van der Waals surface area contributed by atoms with Gasteiger partial charge in [-0.05, 0) is 48.9 Å². The quantitative estimate of drug-likeness (QED) is 0.469. The zero-order valence-electron chi connectivity index (χ0n) is 17.7. The van der Waals surface area contributed by atoms with Crippen LogP contribution in [0.4, 0.5) is 0 Å². The summed E-state index contributed by atoms with van der Waals surface area (Å²) in [5, 5.41) is 0. The van der Waals surface area contributed by atoms with E-state index in [9.17, 15) is 13.2 Å². The van der Waals surface area contributed by atoms with E-state index in [1.165, 1.54) is 4.31 Å². The molecule has 0 atom stereocenters. The topological polar surface area (TPSA) is 70.8 Å². The first-order chi connectivity index (χ1) is 14.8. The molecule has 0 saturated carbocycles. The molecule has 0 fully saturated rings. The Bertz CT molecular complexity index is 1120. The molecular weight excluding hydrogens is 412 g/mol. The number of amides is 1. The van der Waals surface area contributed by atoms with Gasteiger partial charge >= 0.3 is 0 Å². The maximum Gasteiger partial charge on any atom is 0.254 e. The Labute approximate surface area is 183 Å². The third kappa shape index (κ3) is 5.51.